The first-order valence-electron chi connectivity index (χ1n) is 22.4. The fourth-order valence-electron chi connectivity index (χ4n) is 10.0. The zero-order valence-corrected chi connectivity index (χ0v) is 40.1. The van der Waals surface area contributed by atoms with E-state index in [-0.39, 0.29) is 0 Å². The molecule has 12 aromatic carbocycles. The Labute approximate surface area is 395 Å². The van der Waals surface area contributed by atoms with Gasteiger partial charge in [-0.15, -0.1) is 0 Å². The fraction of sp³-hybridized carbons (Fsp3) is 0. The van der Waals surface area contributed by atoms with Crippen LogP contribution < -0.4 is 31.1 Å². The van der Waals surface area contributed by atoms with Gasteiger partial charge in [0.1, 0.15) is 17.6 Å². The van der Waals surface area contributed by atoms with Gasteiger partial charge in [-0.2, -0.15) is 0 Å². The van der Waals surface area contributed by atoms with Crippen LogP contribution in [0.5, 0.6) is 0 Å². The third kappa shape index (κ3) is 9.26. The Bertz CT molecular complexity index is 3200. The summed E-state index contributed by atoms with van der Waals surface area (Å²) in [7, 11) is -3.52. The van der Waals surface area contributed by atoms with E-state index in [4.69, 9.17) is 15.9 Å². The van der Waals surface area contributed by atoms with Crippen LogP contribution in [0, 0.1) is 0 Å². The third-order valence-electron chi connectivity index (χ3n) is 12.8. The van der Waals surface area contributed by atoms with Gasteiger partial charge in [-0.1, -0.05) is 255 Å². The van der Waals surface area contributed by atoms with Crippen LogP contribution >= 0.6 is 0 Å². The molecule has 0 atom stereocenters. The molecule has 7 heteroatoms. The minimum Gasteiger partial charge on any atom is -0.0619 e. The van der Waals surface area contributed by atoms with Crippen molar-refractivity contribution >= 4 is 113 Å². The summed E-state index contributed by atoms with van der Waals surface area (Å²) in [6, 6.07) is 94.0. The normalized spacial score (nSPS) is 11.5. The van der Waals surface area contributed by atoms with Crippen LogP contribution in [0.15, 0.2) is 255 Å². The minimum absolute atomic E-state index is 1.32. The maximum atomic E-state index is 8.82. The van der Waals surface area contributed by atoms with Gasteiger partial charge in [0.2, 0.25) is 0 Å². The van der Waals surface area contributed by atoms with Crippen LogP contribution in [0.3, 0.4) is 0 Å². The van der Waals surface area contributed by atoms with Gasteiger partial charge in [-0.25, -0.2) is 0 Å². The molecule has 12 aromatic rings. The molecule has 0 fully saturated rings. The first kappa shape index (κ1) is 43.6. The van der Waals surface area contributed by atoms with E-state index in [0.29, 0.717) is 0 Å². The van der Waals surface area contributed by atoms with Gasteiger partial charge in [0.15, 0.2) is 0 Å². The standard InChI is InChI=1S/2C30H22Si.Cr.2H2O.2O/c2*1-4-16-25-22(10-1)13-7-19-28(25)31(29-20-8-14-23-11-2-5-17-26(23)29)30-21-9-15-24-12-3-6-18-27(24)30;;;;;/h2*1-21,31H;;2*1H2;;/q;;+2;;;;/p-2. The first-order valence-corrected chi connectivity index (χ1v) is 28.0. The summed E-state index contributed by atoms with van der Waals surface area (Å²) in [4.78, 5) is 0. The zero-order valence-electron chi connectivity index (χ0n) is 36.5. The number of fused-ring (bicyclic) bond motifs is 6. The molecule has 0 aliphatic carbocycles. The predicted octanol–water partition coefficient (Wildman–Crippen LogP) is 9.44. The van der Waals surface area contributed by atoms with E-state index in [1.807, 2.05) is 0 Å². The molecule has 324 valence electrons. The average molecular weight is 939 g/mol. The van der Waals surface area contributed by atoms with Crippen molar-refractivity contribution in [2.24, 2.45) is 0 Å². The molecule has 0 radical (unpaired) electrons. The number of rotatable bonds is 6. The molecule has 0 aromatic heterocycles. The van der Waals surface area contributed by atoms with E-state index in [1.54, 1.807) is 0 Å². The molecular formula is C60H46CrO4Si2. The van der Waals surface area contributed by atoms with Crippen molar-refractivity contribution in [3.63, 3.8) is 0 Å². The van der Waals surface area contributed by atoms with Gasteiger partial charge in [0.25, 0.3) is 0 Å². The summed E-state index contributed by atoms with van der Waals surface area (Å²) < 4.78 is 31.9. The van der Waals surface area contributed by atoms with Gasteiger partial charge in [0.05, 0.1) is 0 Å². The SMILES string of the molecule is [O]=[Cr](=[O])([OH])[OH].c1ccc2c([SiH](c3cccc4ccccc34)c3cccc4ccccc34)cccc2c1.c1ccc2c([SiH](c3cccc4ccccc34)c3cccc4ccccc34)cccc2c1. The molecule has 0 aliphatic heterocycles. The Balaban J connectivity index is 0.000000143. The van der Waals surface area contributed by atoms with E-state index in [0.717, 1.165) is 0 Å². The van der Waals surface area contributed by atoms with Gasteiger partial charge in [0, 0.05) is 0 Å². The van der Waals surface area contributed by atoms with E-state index in [9.17, 15) is 0 Å². The van der Waals surface area contributed by atoms with Crippen molar-refractivity contribution in [3.8, 4) is 0 Å². The minimum atomic E-state index is -5.25. The van der Waals surface area contributed by atoms with E-state index in [2.05, 4.69) is 255 Å². The predicted molar refractivity (Wildman–Crippen MR) is 282 cm³/mol. The summed E-state index contributed by atoms with van der Waals surface area (Å²) in [6.45, 7) is 0. The maximum Gasteiger partial charge on any atom is 0.135 e. The second-order valence-electron chi connectivity index (χ2n) is 16.7. The first-order chi connectivity index (χ1) is 32.8. The van der Waals surface area contributed by atoms with Crippen molar-refractivity contribution in [2.75, 3.05) is 0 Å². The number of hydrogen-bond donors (Lipinski definition) is 2. The van der Waals surface area contributed by atoms with Gasteiger partial charge in [-0.3, -0.25) is 0 Å². The quantitative estimate of drug-likeness (QED) is 0.129. The molecule has 0 aliphatic rings. The molecule has 12 rings (SSSR count). The second-order valence-corrected chi connectivity index (χ2v) is 23.6. The molecule has 4 nitrogen and oxygen atoms in total. The van der Waals surface area contributed by atoms with Crippen LogP contribution in [-0.2, 0) is 21.2 Å². The molecule has 2 N–H and O–H groups in total. The molecular weight excluding hydrogens is 893 g/mol. The van der Waals surface area contributed by atoms with E-state index < -0.39 is 31.2 Å². The van der Waals surface area contributed by atoms with Gasteiger partial charge < -0.3 is 0 Å². The summed E-state index contributed by atoms with van der Waals surface area (Å²) in [5, 5.41) is 25.1. The Kier molecular flexibility index (Phi) is 12.5. The van der Waals surface area contributed by atoms with E-state index in [1.165, 1.54) is 95.8 Å². The average Bonchev–Trinajstić information content (AvgIpc) is 3.37. The monoisotopic (exact) mass is 938 g/mol. The number of benzene rings is 12. The van der Waals surface area contributed by atoms with Crippen molar-refractivity contribution in [3.05, 3.63) is 255 Å². The molecule has 0 unspecified atom stereocenters. The van der Waals surface area contributed by atoms with Crippen molar-refractivity contribution in [2.45, 2.75) is 0 Å². The Morgan fingerprint density at radius 1 is 0.224 bits per heavy atom. The molecule has 0 saturated heterocycles. The molecule has 0 amide bonds. The van der Waals surface area contributed by atoms with Crippen LogP contribution in [0.1, 0.15) is 0 Å². The van der Waals surface area contributed by atoms with Gasteiger partial charge >= 0.3 is 29.5 Å². The maximum absolute atomic E-state index is 8.82. The smallest absolute Gasteiger partial charge is 0.0619 e. The summed E-state index contributed by atoms with van der Waals surface area (Å²) >= 11 is -5.25. The Hall–Kier alpha value is -7.31. The van der Waals surface area contributed by atoms with Gasteiger partial charge in [-0.05, 0) is 95.8 Å². The van der Waals surface area contributed by atoms with Crippen LogP contribution in [0.25, 0.3) is 64.6 Å². The van der Waals surface area contributed by atoms with Crippen LogP contribution in [-0.4, -0.2) is 25.9 Å². The summed E-state index contributed by atoms with van der Waals surface area (Å²) in [6.07, 6.45) is 0. The molecule has 67 heavy (non-hydrogen) atoms. The molecule has 0 spiro atoms. The molecule has 0 bridgehead atoms. The van der Waals surface area contributed by atoms with E-state index >= 15 is 0 Å². The zero-order chi connectivity index (χ0) is 45.7. The summed E-state index contributed by atoms with van der Waals surface area (Å²) in [5.74, 6) is 0. The third-order valence-corrected chi connectivity index (χ3v) is 19.6. The topological polar surface area (TPSA) is 74.6 Å². The largest absolute Gasteiger partial charge is 0.135 e. The molecule has 0 saturated carbocycles. The van der Waals surface area contributed by atoms with Crippen LogP contribution in [0.2, 0.25) is 0 Å². The van der Waals surface area contributed by atoms with Crippen molar-refractivity contribution in [1.29, 1.82) is 0 Å². The Morgan fingerprint density at radius 2 is 0.358 bits per heavy atom. The van der Waals surface area contributed by atoms with Crippen molar-refractivity contribution < 1.29 is 29.5 Å². The summed E-state index contributed by atoms with van der Waals surface area (Å²) in [5.41, 5.74) is 0. The van der Waals surface area contributed by atoms with Crippen molar-refractivity contribution in [1.82, 2.24) is 0 Å². The number of hydrogen-bond acceptors (Lipinski definition) is 2. The molecule has 0 heterocycles. The van der Waals surface area contributed by atoms with Crippen LogP contribution in [0.4, 0.5) is 0 Å². The Morgan fingerprint density at radius 3 is 0.522 bits per heavy atom. The second kappa shape index (κ2) is 19.3. The fourth-order valence-corrected chi connectivity index (χ4v) is 17.3.